The van der Waals surface area contributed by atoms with E-state index in [2.05, 4.69) is 10.3 Å². The molecular formula is C8H7N3O. The molecule has 4 heteroatoms. The number of carbonyl (C=O) groups excluding carboxylic acids is 1. The predicted octanol–water partition coefficient (Wildman–Crippen LogP) is 0.221. The minimum atomic E-state index is -0.626. The molecule has 0 radical (unpaired) electrons. The summed E-state index contributed by atoms with van der Waals surface area (Å²) in [5.74, 6) is -0.626. The first-order valence-electron chi connectivity index (χ1n) is 3.40. The van der Waals surface area contributed by atoms with Gasteiger partial charge in [0, 0.05) is 18.9 Å². The Kier molecular flexibility index (Phi) is 2.79. The summed E-state index contributed by atoms with van der Waals surface area (Å²) in [5, 5.41) is 10.5. The Morgan fingerprint density at radius 3 is 3.17 bits per heavy atom. The van der Waals surface area contributed by atoms with E-state index in [1.165, 1.54) is 6.07 Å². The van der Waals surface area contributed by atoms with Crippen molar-refractivity contribution in [3.05, 3.63) is 30.1 Å². The van der Waals surface area contributed by atoms with Crippen LogP contribution in [0.3, 0.4) is 0 Å². The van der Waals surface area contributed by atoms with Crippen molar-refractivity contribution in [2.45, 2.75) is 6.54 Å². The standard InChI is InChI=1S/C8H7N3O/c9-4-8(12)11-6-7-2-1-3-10-5-7/h1-3,5H,6H2,(H,11,12). The Hall–Kier alpha value is -1.89. The highest BCUT2D eigenvalue weighted by Gasteiger charge is 1.96. The second kappa shape index (κ2) is 4.09. The minimum absolute atomic E-state index is 0.347. The van der Waals surface area contributed by atoms with Crippen molar-refractivity contribution in [1.82, 2.24) is 10.3 Å². The summed E-state index contributed by atoms with van der Waals surface area (Å²) in [7, 11) is 0. The molecule has 4 nitrogen and oxygen atoms in total. The van der Waals surface area contributed by atoms with Gasteiger partial charge in [0.15, 0.2) is 6.07 Å². The van der Waals surface area contributed by atoms with Crippen molar-refractivity contribution in [1.29, 1.82) is 5.26 Å². The van der Waals surface area contributed by atoms with E-state index in [9.17, 15) is 4.79 Å². The summed E-state index contributed by atoms with van der Waals surface area (Å²) in [5.41, 5.74) is 0.876. The molecule has 1 amide bonds. The molecule has 0 unspecified atom stereocenters. The van der Waals surface area contributed by atoms with Gasteiger partial charge in [0.25, 0.3) is 0 Å². The highest BCUT2D eigenvalue weighted by Crippen LogP contribution is 1.93. The number of hydrogen-bond donors (Lipinski definition) is 1. The van der Waals surface area contributed by atoms with Gasteiger partial charge in [0.05, 0.1) is 0 Å². The third-order valence-corrected chi connectivity index (χ3v) is 1.28. The quantitative estimate of drug-likeness (QED) is 0.631. The Morgan fingerprint density at radius 2 is 2.58 bits per heavy atom. The zero-order chi connectivity index (χ0) is 8.81. The van der Waals surface area contributed by atoms with E-state index >= 15 is 0 Å². The SMILES string of the molecule is N#CC(=O)NCc1cccnc1. The molecule has 0 aliphatic rings. The molecule has 0 saturated heterocycles. The molecule has 0 spiro atoms. The largest absolute Gasteiger partial charge is 0.339 e. The van der Waals surface area contributed by atoms with Crippen molar-refractivity contribution in [3.8, 4) is 6.07 Å². The van der Waals surface area contributed by atoms with Crippen LogP contribution >= 0.6 is 0 Å². The van der Waals surface area contributed by atoms with Crippen LogP contribution in [0.15, 0.2) is 24.5 Å². The topological polar surface area (TPSA) is 65.8 Å². The molecule has 12 heavy (non-hydrogen) atoms. The molecule has 0 fully saturated rings. The van der Waals surface area contributed by atoms with Gasteiger partial charge in [-0.25, -0.2) is 0 Å². The van der Waals surface area contributed by atoms with Crippen LogP contribution in [0.1, 0.15) is 5.56 Å². The smallest absolute Gasteiger partial charge is 0.322 e. The van der Waals surface area contributed by atoms with Crippen LogP contribution in [0.4, 0.5) is 0 Å². The Balaban J connectivity index is 2.45. The molecule has 0 saturated carbocycles. The fourth-order valence-corrected chi connectivity index (χ4v) is 0.725. The van der Waals surface area contributed by atoms with Gasteiger partial charge in [0.2, 0.25) is 0 Å². The second-order valence-corrected chi connectivity index (χ2v) is 2.16. The normalized spacial score (nSPS) is 8.58. The first-order chi connectivity index (χ1) is 5.83. The minimum Gasteiger partial charge on any atom is -0.339 e. The van der Waals surface area contributed by atoms with Crippen LogP contribution in [0, 0.1) is 11.3 Å². The van der Waals surface area contributed by atoms with Crippen molar-refractivity contribution in [3.63, 3.8) is 0 Å². The molecule has 1 N–H and O–H groups in total. The van der Waals surface area contributed by atoms with E-state index in [1.54, 1.807) is 18.5 Å². The maximum atomic E-state index is 10.5. The molecule has 0 aliphatic heterocycles. The van der Waals surface area contributed by atoms with Crippen LogP contribution < -0.4 is 5.32 Å². The number of rotatable bonds is 2. The molecule has 1 rings (SSSR count). The molecule has 0 aliphatic carbocycles. The van der Waals surface area contributed by atoms with E-state index in [1.807, 2.05) is 6.07 Å². The first kappa shape index (κ1) is 8.21. The number of pyridine rings is 1. The number of amides is 1. The van der Waals surface area contributed by atoms with Gasteiger partial charge in [-0.2, -0.15) is 5.26 Å². The molecule has 1 aromatic rings. The summed E-state index contributed by atoms with van der Waals surface area (Å²) >= 11 is 0. The Labute approximate surface area is 69.8 Å². The molecule has 0 bridgehead atoms. The van der Waals surface area contributed by atoms with Crippen LogP contribution in [0.25, 0.3) is 0 Å². The van der Waals surface area contributed by atoms with Crippen LogP contribution in [-0.2, 0) is 11.3 Å². The van der Waals surface area contributed by atoms with Crippen LogP contribution in [0.5, 0.6) is 0 Å². The fraction of sp³-hybridized carbons (Fsp3) is 0.125. The van der Waals surface area contributed by atoms with E-state index in [4.69, 9.17) is 5.26 Å². The monoisotopic (exact) mass is 161 g/mol. The first-order valence-corrected chi connectivity index (χ1v) is 3.40. The average Bonchev–Trinajstić information content (AvgIpc) is 2.16. The van der Waals surface area contributed by atoms with E-state index in [0.29, 0.717) is 6.54 Å². The Bertz CT molecular complexity index is 302. The molecule has 1 heterocycles. The number of aromatic nitrogens is 1. The van der Waals surface area contributed by atoms with E-state index < -0.39 is 5.91 Å². The average molecular weight is 161 g/mol. The highest BCUT2D eigenvalue weighted by atomic mass is 16.1. The van der Waals surface area contributed by atoms with Gasteiger partial charge < -0.3 is 5.32 Å². The van der Waals surface area contributed by atoms with Gasteiger partial charge in [-0.15, -0.1) is 0 Å². The lowest BCUT2D eigenvalue weighted by Crippen LogP contribution is -2.20. The van der Waals surface area contributed by atoms with Crippen molar-refractivity contribution in [2.24, 2.45) is 0 Å². The van der Waals surface area contributed by atoms with Crippen LogP contribution in [-0.4, -0.2) is 10.9 Å². The van der Waals surface area contributed by atoms with E-state index in [-0.39, 0.29) is 0 Å². The van der Waals surface area contributed by atoms with Gasteiger partial charge >= 0.3 is 5.91 Å². The third kappa shape index (κ3) is 2.39. The van der Waals surface area contributed by atoms with Crippen molar-refractivity contribution in [2.75, 3.05) is 0 Å². The zero-order valence-corrected chi connectivity index (χ0v) is 6.32. The number of nitrogens with zero attached hydrogens (tertiary/aromatic N) is 2. The molecule has 1 aromatic heterocycles. The van der Waals surface area contributed by atoms with Gasteiger partial charge in [-0.05, 0) is 11.6 Å². The fourth-order valence-electron chi connectivity index (χ4n) is 0.725. The lowest BCUT2D eigenvalue weighted by molar-refractivity contribution is -0.116. The van der Waals surface area contributed by atoms with Crippen molar-refractivity contribution < 1.29 is 4.79 Å². The molecule has 60 valence electrons. The van der Waals surface area contributed by atoms with Gasteiger partial charge in [-0.3, -0.25) is 9.78 Å². The summed E-state index contributed by atoms with van der Waals surface area (Å²) in [6.45, 7) is 0.347. The summed E-state index contributed by atoms with van der Waals surface area (Å²) < 4.78 is 0. The highest BCUT2D eigenvalue weighted by molar-refractivity contribution is 5.91. The lowest BCUT2D eigenvalue weighted by Gasteiger charge is -1.98. The van der Waals surface area contributed by atoms with E-state index in [0.717, 1.165) is 5.56 Å². The number of nitriles is 1. The summed E-state index contributed by atoms with van der Waals surface area (Å²) in [6.07, 6.45) is 3.28. The third-order valence-electron chi connectivity index (χ3n) is 1.28. The number of nitrogens with one attached hydrogen (secondary N) is 1. The predicted molar refractivity (Wildman–Crippen MR) is 41.7 cm³/mol. The number of hydrogen-bond acceptors (Lipinski definition) is 3. The summed E-state index contributed by atoms with van der Waals surface area (Å²) in [6, 6.07) is 5.06. The van der Waals surface area contributed by atoms with Gasteiger partial charge in [0.1, 0.15) is 0 Å². The van der Waals surface area contributed by atoms with Crippen molar-refractivity contribution >= 4 is 5.91 Å². The maximum absolute atomic E-state index is 10.5. The molecule has 0 aromatic carbocycles. The molecule has 0 atom stereocenters. The maximum Gasteiger partial charge on any atom is 0.322 e. The summed E-state index contributed by atoms with van der Waals surface area (Å²) in [4.78, 5) is 14.3. The van der Waals surface area contributed by atoms with Gasteiger partial charge in [-0.1, -0.05) is 6.07 Å². The number of carbonyl (C=O) groups is 1. The second-order valence-electron chi connectivity index (χ2n) is 2.16. The molecular weight excluding hydrogens is 154 g/mol. The van der Waals surface area contributed by atoms with Crippen LogP contribution in [0.2, 0.25) is 0 Å². The Morgan fingerprint density at radius 1 is 1.75 bits per heavy atom. The zero-order valence-electron chi connectivity index (χ0n) is 6.32. The lowest BCUT2D eigenvalue weighted by atomic mass is 10.3.